The average molecular weight is 637 g/mol. The summed E-state index contributed by atoms with van der Waals surface area (Å²) in [7, 11) is 1.93. The lowest BCUT2D eigenvalue weighted by molar-refractivity contribution is -0.257. The second-order valence-electron chi connectivity index (χ2n) is 13.0. The molecule has 0 aromatic rings. The number of aliphatic hydroxyl groups excluding tert-OH is 1. The number of nitrogens with two attached hydrogens (primary N) is 1. The molecule has 0 spiro atoms. The number of hydrogen-bond donors (Lipinski definition) is 2. The number of aliphatic hydroxyl groups is 1. The molecule has 45 heavy (non-hydrogen) atoms. The van der Waals surface area contributed by atoms with E-state index in [1.54, 1.807) is 18.7 Å². The van der Waals surface area contributed by atoms with E-state index in [0.717, 1.165) is 5.57 Å². The number of fused-ring (bicyclic) bond motifs is 1. The van der Waals surface area contributed by atoms with E-state index >= 15 is 0 Å². The van der Waals surface area contributed by atoms with Crippen molar-refractivity contribution in [2.24, 2.45) is 22.7 Å². The first-order valence-electron chi connectivity index (χ1n) is 16.0. The number of carbonyl (C=O) groups is 3. The van der Waals surface area contributed by atoms with Crippen molar-refractivity contribution in [1.29, 1.82) is 0 Å². The van der Waals surface area contributed by atoms with E-state index in [0.29, 0.717) is 45.3 Å². The van der Waals surface area contributed by atoms with E-state index in [2.05, 4.69) is 14.9 Å². The smallest absolute Gasteiger partial charge is 0.410 e. The minimum Gasteiger partial charge on any atom is -0.458 e. The van der Waals surface area contributed by atoms with Gasteiger partial charge in [-0.3, -0.25) is 19.4 Å². The van der Waals surface area contributed by atoms with Crippen molar-refractivity contribution in [3.05, 3.63) is 22.1 Å². The Morgan fingerprint density at radius 1 is 1.22 bits per heavy atom. The van der Waals surface area contributed by atoms with Gasteiger partial charge in [-0.2, -0.15) is 0 Å². The van der Waals surface area contributed by atoms with Crippen LogP contribution in [0.2, 0.25) is 0 Å². The van der Waals surface area contributed by atoms with Crippen molar-refractivity contribution in [3.8, 4) is 0 Å². The van der Waals surface area contributed by atoms with Crippen molar-refractivity contribution in [2.45, 2.75) is 129 Å². The number of Topliss-reactive ketones (excluding diaryl/α,β-unsaturated/α-hetero) is 1. The topological polar surface area (TPSA) is 190 Å². The normalized spacial score (nSPS) is 40.0. The highest BCUT2D eigenvalue weighted by molar-refractivity contribution is 6.00. The predicted molar refractivity (Wildman–Crippen MR) is 166 cm³/mol. The van der Waals surface area contributed by atoms with Gasteiger partial charge in [0.2, 0.25) is 0 Å². The molecule has 0 radical (unpaired) electrons. The first-order chi connectivity index (χ1) is 21.2. The zero-order valence-electron chi connectivity index (χ0n) is 27.9. The molecule has 2 unspecified atom stereocenters. The zero-order chi connectivity index (χ0) is 33.6. The molecule has 14 nitrogen and oxygen atoms in total. The van der Waals surface area contributed by atoms with Gasteiger partial charge in [-0.15, -0.1) is 0 Å². The second-order valence-corrected chi connectivity index (χ2v) is 13.0. The number of nitrogens with zero attached hydrogens (tertiary/aromatic N) is 5. The van der Waals surface area contributed by atoms with Crippen LogP contribution >= 0.6 is 0 Å². The molecule has 2 fully saturated rings. The van der Waals surface area contributed by atoms with Crippen LogP contribution in [0, 0.1) is 11.8 Å². The Labute approximate surface area is 266 Å². The molecule has 3 aliphatic heterocycles. The average Bonchev–Trinajstić information content (AvgIpc) is 3.26. The molecule has 0 saturated carbocycles. The summed E-state index contributed by atoms with van der Waals surface area (Å²) in [6.45, 7) is 13.6. The van der Waals surface area contributed by atoms with Crippen molar-refractivity contribution in [3.63, 3.8) is 0 Å². The van der Waals surface area contributed by atoms with E-state index in [1.165, 1.54) is 6.92 Å². The van der Waals surface area contributed by atoms with Gasteiger partial charge in [0.1, 0.15) is 18.1 Å². The number of ether oxygens (including phenoxy) is 4. The van der Waals surface area contributed by atoms with Crippen LogP contribution in [-0.2, 0) is 28.5 Å². The summed E-state index contributed by atoms with van der Waals surface area (Å²) in [5.41, 5.74) is 14.3. The molecule has 0 aromatic heterocycles. The fraction of sp³-hybridized carbons (Fsp3) is 0.839. The minimum absolute atomic E-state index is 0.248. The van der Waals surface area contributed by atoms with E-state index < -0.39 is 66.2 Å². The Kier molecular flexibility index (Phi) is 12.8. The predicted octanol–water partition coefficient (Wildman–Crippen LogP) is 3.31. The van der Waals surface area contributed by atoms with Gasteiger partial charge in [0.05, 0.1) is 18.2 Å². The van der Waals surface area contributed by atoms with Gasteiger partial charge < -0.3 is 29.8 Å². The van der Waals surface area contributed by atoms with E-state index in [4.69, 9.17) is 30.2 Å². The van der Waals surface area contributed by atoms with Crippen LogP contribution < -0.4 is 5.73 Å². The van der Waals surface area contributed by atoms with Gasteiger partial charge in [-0.25, -0.2) is 4.79 Å². The molecule has 3 aliphatic rings. The minimum atomic E-state index is -1.20. The summed E-state index contributed by atoms with van der Waals surface area (Å²) in [6, 6.07) is -1.31. The maximum atomic E-state index is 13.8. The molecule has 2 saturated heterocycles. The highest BCUT2D eigenvalue weighted by Gasteiger charge is 2.59. The third kappa shape index (κ3) is 8.16. The number of cyclic esters (lactones) is 1. The SMILES string of the molecule is CC[C@H]1OC(=O)[C@H](C)C(=O)[C@H](C)[C@@H](O[C@@H]2O[C@H](C)CC(N)C2O)/C(C)=C/CN(C)[C@H](C)[C@H]2N(CCCCN=[N+]=[N-])C(=O)O[C@]12C. The number of hydrogen-bond acceptors (Lipinski definition) is 11. The Morgan fingerprint density at radius 2 is 1.91 bits per heavy atom. The Bertz CT molecular complexity index is 1150. The van der Waals surface area contributed by atoms with Crippen molar-refractivity contribution < 1.29 is 38.4 Å². The maximum Gasteiger partial charge on any atom is 0.410 e. The number of likely N-dealkylation sites (N-methyl/N-ethyl adjacent to an activating group) is 1. The van der Waals surface area contributed by atoms with Crippen molar-refractivity contribution >= 4 is 17.8 Å². The monoisotopic (exact) mass is 636 g/mol. The lowest BCUT2D eigenvalue weighted by atomic mass is 9.83. The molecule has 3 N–H and O–H groups in total. The fourth-order valence-electron chi connectivity index (χ4n) is 6.75. The maximum absolute atomic E-state index is 13.8. The van der Waals surface area contributed by atoms with E-state index in [9.17, 15) is 19.5 Å². The van der Waals surface area contributed by atoms with Crippen LogP contribution in [0.5, 0.6) is 0 Å². The van der Waals surface area contributed by atoms with Gasteiger partial charge in [-0.05, 0) is 78.5 Å². The number of unbranched alkanes of at least 4 members (excludes halogenated alkanes) is 1. The van der Waals surface area contributed by atoms with Crippen LogP contribution in [0.15, 0.2) is 16.8 Å². The molecule has 14 heteroatoms. The van der Waals surface area contributed by atoms with Gasteiger partial charge >= 0.3 is 12.1 Å². The summed E-state index contributed by atoms with van der Waals surface area (Å²) in [5.74, 6) is -3.02. The summed E-state index contributed by atoms with van der Waals surface area (Å²) < 4.78 is 24.3. The number of carbonyl (C=O) groups excluding carboxylic acids is 3. The Balaban J connectivity index is 2.01. The lowest BCUT2D eigenvalue weighted by Crippen LogP contribution is -2.61. The summed E-state index contributed by atoms with van der Waals surface area (Å²) >= 11 is 0. The van der Waals surface area contributed by atoms with Crippen LogP contribution in [0.4, 0.5) is 4.79 Å². The third-order valence-electron chi connectivity index (χ3n) is 9.66. The molecule has 0 aliphatic carbocycles. The molecule has 3 rings (SSSR count). The number of amides is 1. The third-order valence-corrected chi connectivity index (χ3v) is 9.66. The van der Waals surface area contributed by atoms with Gasteiger partial charge in [0, 0.05) is 42.5 Å². The van der Waals surface area contributed by atoms with Crippen molar-refractivity contribution in [1.82, 2.24) is 9.80 Å². The van der Waals surface area contributed by atoms with Gasteiger partial charge in [0.25, 0.3) is 0 Å². The summed E-state index contributed by atoms with van der Waals surface area (Å²) in [4.78, 5) is 47.2. The van der Waals surface area contributed by atoms with Crippen LogP contribution in [-0.4, -0.2) is 114 Å². The number of ketones is 1. The fourth-order valence-corrected chi connectivity index (χ4v) is 6.75. The highest BCUT2D eigenvalue weighted by Crippen LogP contribution is 2.39. The summed E-state index contributed by atoms with van der Waals surface area (Å²) in [5, 5.41) is 14.3. The molecule has 3 heterocycles. The second kappa shape index (κ2) is 15.7. The lowest BCUT2D eigenvalue weighted by Gasteiger charge is -2.43. The van der Waals surface area contributed by atoms with E-state index in [-0.39, 0.29) is 17.9 Å². The van der Waals surface area contributed by atoms with E-state index in [1.807, 2.05) is 40.8 Å². The largest absolute Gasteiger partial charge is 0.458 e. The molecule has 0 bridgehead atoms. The molecular weight excluding hydrogens is 584 g/mol. The Hall–Kier alpha value is -2.74. The molecule has 254 valence electrons. The van der Waals surface area contributed by atoms with Crippen LogP contribution in [0.1, 0.15) is 74.1 Å². The van der Waals surface area contributed by atoms with Gasteiger partial charge in [-0.1, -0.05) is 25.0 Å². The number of rotatable bonds is 8. The number of azide groups is 1. The standard InChI is InChI=1S/C31H52N6O8/c1-9-23-31(7)27(37(30(41)45-31)14-11-10-13-34-35-33)21(6)36(8)15-12-17(2)26(19(4)24(38)20(5)28(40)43-23)44-29-25(39)22(32)16-18(3)42-29/h12,18-23,25-27,29,39H,9-11,13-16,32H2,1-8H3/b17-12+/t18-,19+,20-,21-,22?,23-,25?,26+,27-,29+,31-/m1/s1. The van der Waals surface area contributed by atoms with Gasteiger partial charge in [0.15, 0.2) is 17.7 Å². The highest BCUT2D eigenvalue weighted by atomic mass is 16.7. The first-order valence-corrected chi connectivity index (χ1v) is 16.0. The molecular formula is C31H52N6O8. The van der Waals surface area contributed by atoms with Crippen LogP contribution in [0.3, 0.4) is 0 Å². The molecule has 0 aromatic carbocycles. The quantitative estimate of drug-likeness (QED) is 0.0760. The first kappa shape index (κ1) is 36.7. The summed E-state index contributed by atoms with van der Waals surface area (Å²) in [6.07, 6.45) is -0.579. The zero-order valence-corrected chi connectivity index (χ0v) is 27.9. The Morgan fingerprint density at radius 3 is 2.56 bits per heavy atom. The molecule has 1 amide bonds. The molecule has 11 atom stereocenters. The number of esters is 1. The van der Waals surface area contributed by atoms with Crippen molar-refractivity contribution in [2.75, 3.05) is 26.7 Å². The van der Waals surface area contributed by atoms with Crippen LogP contribution in [0.25, 0.3) is 10.4 Å².